The number of aromatic nitrogens is 3. The average molecular weight is 328 g/mol. The van der Waals surface area contributed by atoms with Crippen LogP contribution in [0.1, 0.15) is 12.2 Å². The fraction of sp³-hybridized carbons (Fsp3) is 0.471. The van der Waals surface area contributed by atoms with Crippen molar-refractivity contribution in [2.24, 2.45) is 0 Å². The Hall–Kier alpha value is -2.41. The minimum atomic E-state index is 0.0222. The van der Waals surface area contributed by atoms with Gasteiger partial charge in [-0.15, -0.1) is 0 Å². The summed E-state index contributed by atoms with van der Waals surface area (Å²) in [7, 11) is 2.06. The number of carbonyl (C=O) groups is 1. The standard InChI is InChI=1S/C17H24N6O/c1-21(14-16-18-6-4-7-19-16)15-5-11-23(13-15)17(24)20-8-12-22-9-2-3-10-22/h2-4,6-7,9-10,15H,5,8,11-14H2,1H3,(H,20,24)/t15-/m1/s1. The lowest BCUT2D eigenvalue weighted by atomic mass is 10.2. The molecule has 0 radical (unpaired) electrons. The summed E-state index contributed by atoms with van der Waals surface area (Å²) >= 11 is 0. The molecule has 3 heterocycles. The zero-order chi connectivity index (χ0) is 16.8. The van der Waals surface area contributed by atoms with Gasteiger partial charge in [-0.2, -0.15) is 0 Å². The largest absolute Gasteiger partial charge is 0.353 e. The van der Waals surface area contributed by atoms with Crippen molar-refractivity contribution in [3.63, 3.8) is 0 Å². The normalized spacial score (nSPS) is 17.4. The van der Waals surface area contributed by atoms with Crippen LogP contribution in [0.15, 0.2) is 43.0 Å². The van der Waals surface area contributed by atoms with E-state index in [2.05, 4.69) is 31.8 Å². The molecular weight excluding hydrogens is 304 g/mol. The quantitative estimate of drug-likeness (QED) is 0.865. The molecule has 2 aromatic rings. The van der Waals surface area contributed by atoms with E-state index in [0.717, 1.165) is 31.9 Å². The number of hydrogen-bond acceptors (Lipinski definition) is 4. The van der Waals surface area contributed by atoms with Gasteiger partial charge < -0.3 is 14.8 Å². The summed E-state index contributed by atoms with van der Waals surface area (Å²) in [5, 5.41) is 3.00. The van der Waals surface area contributed by atoms with Gasteiger partial charge in [0.15, 0.2) is 0 Å². The molecular formula is C17H24N6O. The molecule has 24 heavy (non-hydrogen) atoms. The fourth-order valence-corrected chi connectivity index (χ4v) is 2.97. The van der Waals surface area contributed by atoms with Crippen molar-refractivity contribution in [2.75, 3.05) is 26.7 Å². The number of amides is 2. The van der Waals surface area contributed by atoms with E-state index in [1.807, 2.05) is 35.5 Å². The molecule has 1 N–H and O–H groups in total. The van der Waals surface area contributed by atoms with Crippen LogP contribution >= 0.6 is 0 Å². The topological polar surface area (TPSA) is 66.3 Å². The first-order valence-corrected chi connectivity index (χ1v) is 8.32. The Morgan fingerprint density at radius 2 is 2.04 bits per heavy atom. The maximum atomic E-state index is 12.3. The average Bonchev–Trinajstić information content (AvgIpc) is 3.27. The molecule has 0 saturated carbocycles. The number of hydrogen-bond donors (Lipinski definition) is 1. The molecule has 3 rings (SSSR count). The van der Waals surface area contributed by atoms with Crippen molar-refractivity contribution in [2.45, 2.75) is 25.6 Å². The van der Waals surface area contributed by atoms with Crippen molar-refractivity contribution >= 4 is 6.03 Å². The van der Waals surface area contributed by atoms with Gasteiger partial charge in [0.1, 0.15) is 5.82 Å². The number of nitrogens with zero attached hydrogens (tertiary/aromatic N) is 5. The number of likely N-dealkylation sites (tertiary alicyclic amines) is 1. The van der Waals surface area contributed by atoms with E-state index >= 15 is 0 Å². The van der Waals surface area contributed by atoms with Crippen LogP contribution in [0, 0.1) is 0 Å². The predicted octanol–water partition coefficient (Wildman–Crippen LogP) is 1.19. The second kappa shape index (κ2) is 7.92. The lowest BCUT2D eigenvalue weighted by molar-refractivity contribution is 0.196. The fourth-order valence-electron chi connectivity index (χ4n) is 2.97. The Morgan fingerprint density at radius 3 is 2.79 bits per heavy atom. The SMILES string of the molecule is CN(Cc1ncccn1)[C@@H]1CCN(C(=O)NCCn2cccc2)C1. The molecule has 1 saturated heterocycles. The molecule has 0 bridgehead atoms. The lowest BCUT2D eigenvalue weighted by Gasteiger charge is -2.24. The molecule has 0 aromatic carbocycles. The van der Waals surface area contributed by atoms with Crippen molar-refractivity contribution in [3.05, 3.63) is 48.8 Å². The highest BCUT2D eigenvalue weighted by Gasteiger charge is 2.28. The van der Waals surface area contributed by atoms with Crippen LogP contribution in [-0.2, 0) is 13.1 Å². The van der Waals surface area contributed by atoms with Crippen LogP contribution in [0.2, 0.25) is 0 Å². The predicted molar refractivity (Wildman–Crippen MR) is 91.3 cm³/mol. The van der Waals surface area contributed by atoms with E-state index in [1.165, 1.54) is 0 Å². The summed E-state index contributed by atoms with van der Waals surface area (Å²) in [6.07, 6.45) is 8.50. The smallest absolute Gasteiger partial charge is 0.317 e. The van der Waals surface area contributed by atoms with Gasteiger partial charge in [-0.05, 0) is 31.7 Å². The highest BCUT2D eigenvalue weighted by atomic mass is 16.2. The lowest BCUT2D eigenvalue weighted by Crippen LogP contribution is -2.42. The van der Waals surface area contributed by atoms with E-state index < -0.39 is 0 Å². The number of urea groups is 1. The highest BCUT2D eigenvalue weighted by molar-refractivity contribution is 5.74. The third kappa shape index (κ3) is 4.32. The number of nitrogens with one attached hydrogen (secondary N) is 1. The Morgan fingerprint density at radius 1 is 1.29 bits per heavy atom. The summed E-state index contributed by atoms with van der Waals surface area (Å²) in [6.45, 7) is 3.68. The Kier molecular flexibility index (Phi) is 5.43. The van der Waals surface area contributed by atoms with Gasteiger partial charge >= 0.3 is 6.03 Å². The molecule has 128 valence electrons. The van der Waals surface area contributed by atoms with Gasteiger partial charge in [0.25, 0.3) is 0 Å². The molecule has 0 unspecified atom stereocenters. The molecule has 1 aliphatic rings. The second-order valence-electron chi connectivity index (χ2n) is 6.12. The molecule has 2 amide bonds. The van der Waals surface area contributed by atoms with Crippen LogP contribution in [-0.4, -0.2) is 63.1 Å². The number of carbonyl (C=O) groups excluding carboxylic acids is 1. The molecule has 2 aromatic heterocycles. The molecule has 1 atom stereocenters. The van der Waals surface area contributed by atoms with Crippen LogP contribution in [0.4, 0.5) is 4.79 Å². The van der Waals surface area contributed by atoms with E-state index in [4.69, 9.17) is 0 Å². The second-order valence-corrected chi connectivity index (χ2v) is 6.12. The number of likely N-dealkylation sites (N-methyl/N-ethyl adjacent to an activating group) is 1. The Bertz CT molecular complexity index is 630. The van der Waals surface area contributed by atoms with E-state index in [0.29, 0.717) is 19.1 Å². The van der Waals surface area contributed by atoms with E-state index in [9.17, 15) is 4.79 Å². The van der Waals surface area contributed by atoms with E-state index in [-0.39, 0.29) is 6.03 Å². The van der Waals surface area contributed by atoms with Crippen molar-refractivity contribution < 1.29 is 4.79 Å². The van der Waals surface area contributed by atoms with Crippen molar-refractivity contribution in [1.29, 1.82) is 0 Å². The molecule has 7 heteroatoms. The first-order valence-electron chi connectivity index (χ1n) is 8.32. The van der Waals surface area contributed by atoms with Crippen LogP contribution < -0.4 is 5.32 Å². The third-order valence-electron chi connectivity index (χ3n) is 4.40. The summed E-state index contributed by atoms with van der Waals surface area (Å²) in [5.74, 6) is 0.814. The third-order valence-corrected chi connectivity index (χ3v) is 4.40. The van der Waals surface area contributed by atoms with Gasteiger partial charge in [-0.25, -0.2) is 14.8 Å². The number of rotatable bonds is 6. The minimum Gasteiger partial charge on any atom is -0.353 e. The first kappa shape index (κ1) is 16.4. The Balaban J connectivity index is 1.41. The summed E-state index contributed by atoms with van der Waals surface area (Å²) in [4.78, 5) is 24.9. The highest BCUT2D eigenvalue weighted by Crippen LogP contribution is 2.15. The van der Waals surface area contributed by atoms with Crippen LogP contribution in [0.3, 0.4) is 0 Å². The van der Waals surface area contributed by atoms with Gasteiger partial charge in [-0.1, -0.05) is 0 Å². The van der Waals surface area contributed by atoms with Crippen molar-refractivity contribution in [1.82, 2.24) is 29.7 Å². The molecule has 0 aliphatic carbocycles. The van der Waals surface area contributed by atoms with Crippen LogP contribution in [0.25, 0.3) is 0 Å². The minimum absolute atomic E-state index is 0.0222. The molecule has 0 spiro atoms. The maximum absolute atomic E-state index is 12.3. The maximum Gasteiger partial charge on any atom is 0.317 e. The van der Waals surface area contributed by atoms with Gasteiger partial charge in [0.05, 0.1) is 6.54 Å². The van der Waals surface area contributed by atoms with Gasteiger partial charge in [-0.3, -0.25) is 4.90 Å². The zero-order valence-electron chi connectivity index (χ0n) is 14.0. The summed E-state index contributed by atoms with van der Waals surface area (Å²) in [6, 6.07) is 6.16. The molecule has 1 fully saturated rings. The molecule has 7 nitrogen and oxygen atoms in total. The monoisotopic (exact) mass is 328 g/mol. The Labute approximate surface area is 142 Å². The van der Waals surface area contributed by atoms with E-state index in [1.54, 1.807) is 12.4 Å². The van der Waals surface area contributed by atoms with Crippen molar-refractivity contribution in [3.8, 4) is 0 Å². The summed E-state index contributed by atoms with van der Waals surface area (Å²) < 4.78 is 2.06. The van der Waals surface area contributed by atoms with Gasteiger partial charge in [0, 0.05) is 57.0 Å². The van der Waals surface area contributed by atoms with Crippen LogP contribution in [0.5, 0.6) is 0 Å². The summed E-state index contributed by atoms with van der Waals surface area (Å²) in [5.41, 5.74) is 0. The first-order chi connectivity index (χ1) is 11.7. The molecule has 1 aliphatic heterocycles. The zero-order valence-corrected chi connectivity index (χ0v) is 14.0. The van der Waals surface area contributed by atoms with Gasteiger partial charge in [0.2, 0.25) is 0 Å².